The molecular weight excluding hydrogens is 2000 g/mol. The van der Waals surface area contributed by atoms with Crippen molar-refractivity contribution in [2.45, 2.75) is 130 Å². The topological polar surface area (TPSA) is 296 Å². The molecule has 3 fully saturated rings. The minimum Gasteiger partial charge on any atom is -0.410 e. The van der Waals surface area contributed by atoms with Gasteiger partial charge >= 0.3 is 73.1 Å². The van der Waals surface area contributed by atoms with Crippen molar-refractivity contribution in [3.05, 3.63) is 147 Å². The van der Waals surface area contributed by atoms with Gasteiger partial charge in [-0.05, 0) is 88.6 Å². The number of hydrogen-bond donors (Lipinski definition) is 5. The van der Waals surface area contributed by atoms with Crippen LogP contribution in [-0.2, 0) is 76.6 Å². The summed E-state index contributed by atoms with van der Waals surface area (Å²) in [5.41, 5.74) is -23.7. The first-order valence-electron chi connectivity index (χ1n) is 33.6. The lowest BCUT2D eigenvalue weighted by atomic mass is 10.0. The molecule has 0 aromatic carbocycles. The van der Waals surface area contributed by atoms with Crippen molar-refractivity contribution in [2.75, 3.05) is 0 Å². The summed E-state index contributed by atoms with van der Waals surface area (Å²) in [4.78, 5) is 37.5. The molecule has 21 nitrogen and oxygen atoms in total. The molecule has 0 atom stereocenters. The Bertz CT molecular complexity index is 5890. The molecule has 0 unspecified atom stereocenters. The number of nitriles is 3. The van der Waals surface area contributed by atoms with E-state index in [1.54, 1.807) is 6.07 Å². The van der Waals surface area contributed by atoms with Crippen LogP contribution >= 0.6 is 65.9 Å². The largest absolute Gasteiger partial charge is 0.458 e. The summed E-state index contributed by atoms with van der Waals surface area (Å²) < 4.78 is 429. The van der Waals surface area contributed by atoms with Crippen molar-refractivity contribution in [3.63, 3.8) is 0 Å². The number of carbonyl (C=O) groups excluding carboxylic acids is 3. The Morgan fingerprint density at radius 3 is 1.03 bits per heavy atom. The SMILES string of the molecule is C#Cc1cc(C(=O)NC2CC2)c(C#N)s1.Cn1cc(C(F)(F)C(F)(F)F)c(C(F)(F)F)c1-c1cc(-c2cc(C(=O)NC3CC3)c(C#N)s2)on1.Cn1cc(C(F)(F)C(F)(F)F)c(C(F)(F)F)c1/C(Br)=N/O.Cn1cc(C(F)(F)F)c(C(F)(F)C(F)(F)F)c1-c1cc(-c2cc(C(=O)NC3CC3)c(C#N)s2)on1.Cn1cc(C(F)(F)F)c(C(F)(F)C(F)(F)F)c1/C(Br)=N/O. The van der Waals surface area contributed by atoms with Crippen molar-refractivity contribution in [1.29, 1.82) is 15.8 Å². The fourth-order valence-electron chi connectivity index (χ4n) is 11.1. The highest BCUT2D eigenvalue weighted by Crippen LogP contribution is 2.57. The van der Waals surface area contributed by atoms with Gasteiger partial charge in [-0.25, -0.2) is 0 Å². The summed E-state index contributed by atoms with van der Waals surface area (Å²) >= 11 is 7.40. The molecule has 9 heterocycles. The Kier molecular flexibility index (Phi) is 28.8. The first-order chi connectivity index (χ1) is 58.0. The standard InChI is InChI=1S/2C20H12F8N4O2S.C11H8N2OS.2C9H5BrF8N2O/c1-32-7-10(19(23,24)25)15(18(21,22)20(26,27)28)16(32)11-5-12(34-31-11)13-4-9(14(6-29)35-13)17(33)30-8-2-3-8;1-32-7-10(18(21,22)20(26,27)28)15(19(23,24)25)16(32)11-5-12(34-31-11)13-4-9(14(6-29)35-13)17(33)30-8-2-3-8;1-2-8-5-9(10(6-12)15-8)11(14)13-7-3-4-7;1-20-2-3(8(13,14)15)4(5(20)6(10)19-21)7(11,12)9(16,17)18;1-20-2-3(7(11,12)9(16,17)18)4(8(13,14)15)5(20)6(10)19-21/h2*4-5,7-8H,2-3H2,1H3,(H,30,33);1,5,7H,3-4H2,(H,13,14);2*2,21H,1H3/b;;;2*19-6-. The van der Waals surface area contributed by atoms with Gasteiger partial charge in [0.2, 0.25) is 0 Å². The lowest BCUT2D eigenvalue weighted by molar-refractivity contribution is -0.291. The highest BCUT2D eigenvalue weighted by molar-refractivity contribution is 9.18. The van der Waals surface area contributed by atoms with E-state index in [0.29, 0.717) is 39.6 Å². The molecule has 3 aliphatic carbocycles. The third-order valence-electron chi connectivity index (χ3n) is 17.3. The predicted octanol–water partition coefficient (Wildman–Crippen LogP) is 21.6. The highest BCUT2D eigenvalue weighted by atomic mass is 79.9. The molecule has 127 heavy (non-hydrogen) atoms. The Labute approximate surface area is 714 Å². The first-order valence-corrected chi connectivity index (χ1v) is 37.6. The average molecular weight is 2040 g/mol. The van der Waals surface area contributed by atoms with Crippen LogP contribution in [0, 0.1) is 46.3 Å². The van der Waals surface area contributed by atoms with Crippen LogP contribution in [0.25, 0.3) is 44.1 Å². The number of hydrogen-bond acceptors (Lipinski definition) is 17. The van der Waals surface area contributed by atoms with E-state index in [2.05, 4.69) is 74.4 Å². The number of oxime groups is 2. The molecule has 0 radical (unpaired) electrons. The van der Waals surface area contributed by atoms with Gasteiger partial charge in [0.15, 0.2) is 20.8 Å². The second-order valence-electron chi connectivity index (χ2n) is 26.5. The molecule has 686 valence electrons. The number of nitrogens with one attached hydrogen (secondary N) is 3. The number of aryl methyl sites for hydroxylation is 4. The number of rotatable bonds is 16. The molecule has 3 saturated carbocycles. The normalized spacial score (nSPS) is 14.6. The van der Waals surface area contributed by atoms with Crippen LogP contribution in [0.4, 0.5) is 140 Å². The van der Waals surface area contributed by atoms with Crippen LogP contribution in [-0.4, -0.2) is 109 Å². The van der Waals surface area contributed by atoms with Gasteiger partial charge in [0, 0.05) is 83.2 Å². The second kappa shape index (κ2) is 36.1. The van der Waals surface area contributed by atoms with Gasteiger partial charge in [0.05, 0.1) is 98.6 Å². The van der Waals surface area contributed by atoms with Crippen molar-refractivity contribution < 1.29 is 174 Å². The summed E-state index contributed by atoms with van der Waals surface area (Å²) in [6.07, 6.45) is -36.6. The molecule has 5 N–H and O–H groups in total. The van der Waals surface area contributed by atoms with Crippen LogP contribution in [0.3, 0.4) is 0 Å². The van der Waals surface area contributed by atoms with E-state index in [9.17, 15) is 165 Å². The Morgan fingerprint density at radius 2 is 0.717 bits per heavy atom. The van der Waals surface area contributed by atoms with E-state index in [0.717, 1.165) is 102 Å². The number of carbonyl (C=O) groups is 3. The van der Waals surface area contributed by atoms with Crippen LogP contribution in [0.15, 0.2) is 74.5 Å². The Morgan fingerprint density at radius 1 is 0.425 bits per heavy atom. The van der Waals surface area contributed by atoms with Crippen LogP contribution in [0.2, 0.25) is 0 Å². The third-order valence-corrected chi connectivity index (χ3v) is 21.5. The summed E-state index contributed by atoms with van der Waals surface area (Å²) in [5, 5.41) is 64.0. The van der Waals surface area contributed by atoms with Gasteiger partial charge in [-0.15, -0.1) is 40.4 Å². The summed E-state index contributed by atoms with van der Waals surface area (Å²) in [7, 11) is 3.31. The lowest BCUT2D eigenvalue weighted by Gasteiger charge is -2.22. The van der Waals surface area contributed by atoms with E-state index in [4.69, 9.17) is 31.1 Å². The van der Waals surface area contributed by atoms with Crippen molar-refractivity contribution >= 4 is 92.8 Å². The zero-order chi connectivity index (χ0) is 96.3. The second-order valence-corrected chi connectivity index (χ2v) is 31.2. The van der Waals surface area contributed by atoms with Crippen molar-refractivity contribution in [1.82, 2.24) is 44.5 Å². The third kappa shape index (κ3) is 21.6. The molecule has 0 bridgehead atoms. The zero-order valence-corrected chi connectivity index (χ0v) is 67.8. The van der Waals surface area contributed by atoms with Crippen LogP contribution in [0.1, 0.15) is 145 Å². The number of halogens is 34. The van der Waals surface area contributed by atoms with E-state index in [-0.39, 0.29) is 84.9 Å². The van der Waals surface area contributed by atoms with Crippen LogP contribution < -0.4 is 16.0 Å². The molecule has 0 spiro atoms. The molecule has 3 aliphatic rings. The van der Waals surface area contributed by atoms with E-state index in [1.807, 2.05) is 18.2 Å². The van der Waals surface area contributed by atoms with Crippen molar-refractivity contribution in [2.24, 2.45) is 38.5 Å². The number of thiophene rings is 3. The lowest BCUT2D eigenvalue weighted by Crippen LogP contribution is -2.36. The number of amides is 3. The monoisotopic (exact) mass is 2040 g/mol. The number of alkyl halides is 32. The number of nitrogens with zero attached hydrogens (tertiary/aromatic N) is 11. The summed E-state index contributed by atoms with van der Waals surface area (Å²) in [5.74, 6) is -22.5. The number of aromatic nitrogens is 6. The van der Waals surface area contributed by atoms with Crippen LogP contribution in [0.5, 0.6) is 0 Å². The first kappa shape index (κ1) is 101. The van der Waals surface area contributed by atoms with E-state index >= 15 is 0 Å². The maximum Gasteiger partial charge on any atom is 0.458 e. The van der Waals surface area contributed by atoms with E-state index < -0.39 is 173 Å². The molecule has 0 saturated heterocycles. The minimum absolute atomic E-state index is 0.000646. The maximum absolute atomic E-state index is 14.3. The Hall–Kier alpha value is -11.3. The number of terminal acetylenes is 1. The van der Waals surface area contributed by atoms with E-state index in [1.165, 1.54) is 23.5 Å². The molecule has 12 rings (SSSR count). The minimum atomic E-state index is -6.32. The smallest absolute Gasteiger partial charge is 0.410 e. The summed E-state index contributed by atoms with van der Waals surface area (Å²) in [6.45, 7) is 0. The molecule has 0 aliphatic heterocycles. The van der Waals surface area contributed by atoms with Gasteiger partial charge in [-0.2, -0.15) is 156 Å². The van der Waals surface area contributed by atoms with Gasteiger partial charge in [-0.1, -0.05) is 26.5 Å². The fraction of sp³-hybridized carbons (Fsp3) is 0.362. The fourth-order valence-corrected chi connectivity index (χ4v) is 14.7. The average Bonchev–Trinajstić information content (AvgIpc) is 1.61. The molecular formula is C69H42Br2F32N14O7S3. The van der Waals surface area contributed by atoms with Gasteiger partial charge in [-0.3, -0.25) is 14.4 Å². The quantitative estimate of drug-likeness (QED) is 0.0198. The molecule has 9 aromatic heterocycles. The molecule has 9 aromatic rings. The molecule has 58 heteroatoms. The van der Waals surface area contributed by atoms with Gasteiger partial charge in [0.1, 0.15) is 44.2 Å². The zero-order valence-electron chi connectivity index (χ0n) is 62.2. The van der Waals surface area contributed by atoms with Gasteiger partial charge < -0.3 is 53.7 Å². The maximum atomic E-state index is 14.3. The Balaban J connectivity index is 0.000000203. The summed E-state index contributed by atoms with van der Waals surface area (Å²) in [6, 6.07) is 11.7. The molecule has 3 amide bonds. The predicted molar refractivity (Wildman–Crippen MR) is 381 cm³/mol. The van der Waals surface area contributed by atoms with Gasteiger partial charge in [0.25, 0.3) is 17.7 Å². The van der Waals surface area contributed by atoms with Crippen molar-refractivity contribution in [3.8, 4) is 74.6 Å². The highest BCUT2D eigenvalue weighted by Gasteiger charge is 2.67.